The highest BCUT2D eigenvalue weighted by Gasteiger charge is 2.37. The second-order valence-electron chi connectivity index (χ2n) is 7.04. The van der Waals surface area contributed by atoms with Gasteiger partial charge in [0.25, 0.3) is 0 Å². The lowest BCUT2D eigenvalue weighted by Gasteiger charge is -2.38. The maximum absolute atomic E-state index is 12.1. The Morgan fingerprint density at radius 3 is 3.08 bits per heavy atom. The molecule has 5 rings (SSSR count). The van der Waals surface area contributed by atoms with Crippen LogP contribution in [0.25, 0.3) is 16.6 Å². The van der Waals surface area contributed by atoms with Crippen LogP contribution in [0.4, 0.5) is 0 Å². The van der Waals surface area contributed by atoms with Crippen molar-refractivity contribution in [3.63, 3.8) is 0 Å². The fourth-order valence-electron chi connectivity index (χ4n) is 4.65. The Kier molecular flexibility index (Phi) is 3.23. The van der Waals surface area contributed by atoms with Gasteiger partial charge in [0.1, 0.15) is 0 Å². The van der Waals surface area contributed by atoms with E-state index in [1.165, 1.54) is 35.0 Å². The molecule has 2 aromatic rings. The van der Waals surface area contributed by atoms with E-state index in [0.717, 1.165) is 32.4 Å². The molecule has 0 N–H and O–H groups in total. The van der Waals surface area contributed by atoms with Crippen LogP contribution in [0.15, 0.2) is 41.2 Å². The van der Waals surface area contributed by atoms with Crippen molar-refractivity contribution in [3.8, 4) is 0 Å². The van der Waals surface area contributed by atoms with Crippen LogP contribution < -0.4 is 0 Å². The van der Waals surface area contributed by atoms with Gasteiger partial charge in [-0.1, -0.05) is 18.2 Å². The molecule has 1 aromatic heterocycles. The third kappa shape index (κ3) is 2.08. The fourth-order valence-corrected chi connectivity index (χ4v) is 4.65. The number of nitrogens with zero attached hydrogens (tertiary/aromatic N) is 3. The predicted molar refractivity (Wildman–Crippen MR) is 97.3 cm³/mol. The van der Waals surface area contributed by atoms with E-state index >= 15 is 0 Å². The summed E-state index contributed by atoms with van der Waals surface area (Å²) in [5.41, 5.74) is 5.26. The van der Waals surface area contributed by atoms with E-state index in [-0.39, 0.29) is 17.9 Å². The van der Waals surface area contributed by atoms with E-state index in [0.29, 0.717) is 0 Å². The summed E-state index contributed by atoms with van der Waals surface area (Å²) in [5.74, 6) is -0.135. The van der Waals surface area contributed by atoms with Gasteiger partial charge in [0.15, 0.2) is 0 Å². The molecule has 2 unspecified atom stereocenters. The molecule has 0 amide bonds. The molecule has 0 fully saturated rings. The quantitative estimate of drug-likeness (QED) is 0.752. The molecule has 128 valence electrons. The lowest BCUT2D eigenvalue weighted by atomic mass is 9.88. The number of aliphatic imine (C=N–C) groups is 1. The number of aromatic nitrogens is 1. The molecule has 5 heteroatoms. The number of esters is 1. The summed E-state index contributed by atoms with van der Waals surface area (Å²) in [5, 5.41) is 1.27. The van der Waals surface area contributed by atoms with E-state index in [4.69, 9.17) is 4.74 Å². The molecule has 3 heterocycles. The lowest BCUT2D eigenvalue weighted by molar-refractivity contribution is -0.145. The molecule has 0 saturated carbocycles. The molecule has 2 aliphatic heterocycles. The molecular formula is C20H21N3O2. The molecular weight excluding hydrogens is 314 g/mol. The van der Waals surface area contributed by atoms with Gasteiger partial charge < -0.3 is 14.2 Å². The van der Waals surface area contributed by atoms with Crippen LogP contribution in [0, 0.1) is 5.92 Å². The summed E-state index contributed by atoms with van der Waals surface area (Å²) < 4.78 is 7.38. The largest absolute Gasteiger partial charge is 0.469 e. The van der Waals surface area contributed by atoms with E-state index < -0.39 is 0 Å². The Labute approximate surface area is 146 Å². The summed E-state index contributed by atoms with van der Waals surface area (Å²) in [6.07, 6.45) is 6.68. The summed E-state index contributed by atoms with van der Waals surface area (Å²) >= 11 is 0. The van der Waals surface area contributed by atoms with Crippen LogP contribution >= 0.6 is 0 Å². The van der Waals surface area contributed by atoms with Gasteiger partial charge in [0.2, 0.25) is 0 Å². The maximum atomic E-state index is 12.1. The second kappa shape index (κ2) is 5.48. The number of rotatable bonds is 1. The SMILES string of the molecule is COC(=O)C1CCC2=C(C1)N1CC=NCC1c1cccc3ccn2c13. The van der Waals surface area contributed by atoms with Gasteiger partial charge in [-0.25, -0.2) is 0 Å². The smallest absolute Gasteiger partial charge is 0.309 e. The Morgan fingerprint density at radius 2 is 2.20 bits per heavy atom. The minimum absolute atomic E-state index is 0.0458. The fraction of sp³-hybridized carbons (Fsp3) is 0.400. The highest BCUT2D eigenvalue weighted by atomic mass is 16.5. The van der Waals surface area contributed by atoms with E-state index in [9.17, 15) is 4.79 Å². The average molecular weight is 335 g/mol. The van der Waals surface area contributed by atoms with Crippen molar-refractivity contribution in [2.75, 3.05) is 20.2 Å². The lowest BCUT2D eigenvalue weighted by Crippen LogP contribution is -2.37. The van der Waals surface area contributed by atoms with Gasteiger partial charge in [0, 0.05) is 41.2 Å². The van der Waals surface area contributed by atoms with Crippen LogP contribution in [0.1, 0.15) is 30.9 Å². The van der Waals surface area contributed by atoms with Gasteiger partial charge >= 0.3 is 5.97 Å². The highest BCUT2D eigenvalue weighted by Crippen LogP contribution is 2.44. The molecule has 0 bridgehead atoms. The molecule has 5 nitrogen and oxygen atoms in total. The number of benzene rings is 1. The minimum Gasteiger partial charge on any atom is -0.469 e. The molecule has 1 aromatic carbocycles. The normalized spacial score (nSPS) is 24.8. The number of hydrogen-bond donors (Lipinski definition) is 0. The number of hydrogen-bond acceptors (Lipinski definition) is 4. The van der Waals surface area contributed by atoms with Crippen molar-refractivity contribution in [1.29, 1.82) is 0 Å². The van der Waals surface area contributed by atoms with Gasteiger partial charge in [0.05, 0.1) is 37.7 Å². The zero-order chi connectivity index (χ0) is 17.0. The van der Waals surface area contributed by atoms with Crippen molar-refractivity contribution in [3.05, 3.63) is 41.7 Å². The van der Waals surface area contributed by atoms with E-state index in [1.54, 1.807) is 0 Å². The predicted octanol–water partition coefficient (Wildman–Crippen LogP) is 3.22. The van der Waals surface area contributed by atoms with Crippen molar-refractivity contribution in [2.45, 2.75) is 25.3 Å². The highest BCUT2D eigenvalue weighted by molar-refractivity contribution is 5.88. The third-order valence-electron chi connectivity index (χ3n) is 5.84. The topological polar surface area (TPSA) is 46.8 Å². The van der Waals surface area contributed by atoms with E-state index in [2.05, 4.69) is 44.9 Å². The van der Waals surface area contributed by atoms with Crippen LogP contribution in [-0.4, -0.2) is 41.9 Å². The number of ether oxygens (including phenoxy) is 1. The van der Waals surface area contributed by atoms with Crippen molar-refractivity contribution in [2.24, 2.45) is 10.9 Å². The van der Waals surface area contributed by atoms with Crippen LogP contribution in [0.2, 0.25) is 0 Å². The number of carbonyl (C=O) groups excluding carboxylic acids is 1. The molecule has 1 aliphatic carbocycles. The molecule has 3 aliphatic rings. The van der Waals surface area contributed by atoms with Crippen molar-refractivity contribution >= 4 is 28.8 Å². The number of fused-ring (bicyclic) bond motifs is 4. The summed E-state index contributed by atoms with van der Waals surface area (Å²) in [6, 6.07) is 8.98. The van der Waals surface area contributed by atoms with Crippen LogP contribution in [0.3, 0.4) is 0 Å². The summed E-state index contributed by atoms with van der Waals surface area (Å²) in [4.78, 5) is 19.2. The Hall–Kier alpha value is -2.56. The molecule has 0 spiro atoms. The number of allylic oxidation sites excluding steroid dienone is 2. The third-order valence-corrected chi connectivity index (χ3v) is 5.84. The zero-order valence-electron chi connectivity index (χ0n) is 14.3. The number of carbonyl (C=O) groups is 1. The first kappa shape index (κ1) is 14.8. The summed E-state index contributed by atoms with van der Waals surface area (Å²) in [6.45, 7) is 1.57. The van der Waals surface area contributed by atoms with Gasteiger partial charge in [-0.2, -0.15) is 0 Å². The molecule has 0 saturated heterocycles. The second-order valence-corrected chi connectivity index (χ2v) is 7.04. The van der Waals surface area contributed by atoms with Gasteiger partial charge in [-0.15, -0.1) is 0 Å². The van der Waals surface area contributed by atoms with Gasteiger partial charge in [-0.3, -0.25) is 9.79 Å². The first-order valence-electron chi connectivity index (χ1n) is 8.93. The summed E-state index contributed by atoms with van der Waals surface area (Å²) in [7, 11) is 1.49. The van der Waals surface area contributed by atoms with Crippen molar-refractivity contribution in [1.82, 2.24) is 9.47 Å². The zero-order valence-corrected chi connectivity index (χ0v) is 14.3. The number of methoxy groups -OCH3 is 1. The molecule has 0 radical (unpaired) electrons. The van der Waals surface area contributed by atoms with E-state index in [1.807, 2.05) is 6.21 Å². The maximum Gasteiger partial charge on any atom is 0.309 e. The Bertz CT molecular complexity index is 924. The van der Waals surface area contributed by atoms with Gasteiger partial charge in [-0.05, 0) is 18.9 Å². The Morgan fingerprint density at radius 1 is 1.28 bits per heavy atom. The minimum atomic E-state index is -0.0896. The molecule has 25 heavy (non-hydrogen) atoms. The standard InChI is InChI=1S/C20H21N3O2/c1-25-20(24)14-5-6-16-17(11-14)22-10-8-21-12-18(22)15-4-2-3-13-7-9-23(16)19(13)15/h2-4,7-9,14,18H,5-6,10-12H2,1H3. The van der Waals surface area contributed by atoms with Crippen molar-refractivity contribution < 1.29 is 9.53 Å². The molecule has 2 atom stereocenters. The first-order chi connectivity index (χ1) is 12.3. The first-order valence-corrected chi connectivity index (χ1v) is 8.93. The average Bonchev–Trinajstić information content (AvgIpc) is 3.06. The van der Waals surface area contributed by atoms with Crippen LogP contribution in [-0.2, 0) is 9.53 Å². The number of para-hydroxylation sites is 1. The Balaban J connectivity index is 1.72. The monoisotopic (exact) mass is 335 g/mol. The van der Waals surface area contributed by atoms with Crippen LogP contribution in [0.5, 0.6) is 0 Å².